The number of anilines is 1. The Hall–Kier alpha value is -1.15. The molecule has 1 amide bonds. The molecule has 0 aliphatic carbocycles. The van der Waals surface area contributed by atoms with Crippen molar-refractivity contribution < 1.29 is 4.79 Å². The molecule has 1 aliphatic rings. The van der Waals surface area contributed by atoms with Crippen LogP contribution < -0.4 is 10.9 Å². The number of carbonyl (C=O) groups excluding carboxylic acids is 1. The molecule has 0 radical (unpaired) electrons. The first-order valence-electron chi connectivity index (χ1n) is 7.60. The maximum atomic E-state index is 12.5. The van der Waals surface area contributed by atoms with E-state index in [1.165, 1.54) is 11.8 Å². The monoisotopic (exact) mass is 415 g/mol. The van der Waals surface area contributed by atoms with Gasteiger partial charge in [-0.1, -0.05) is 41.9 Å². The number of aromatic amines is 1. The molecular formula is C16H15Cl2N3O2S2. The highest BCUT2D eigenvalue weighted by Crippen LogP contribution is 2.29. The molecule has 0 bridgehead atoms. The van der Waals surface area contributed by atoms with Crippen LogP contribution in [0.3, 0.4) is 0 Å². The number of H-pyrrole nitrogens is 1. The standard InChI is InChI=1S/C16H15Cl2N3O2S2/c1-2-13(15(23)19-8-3-4-10(17)11(18)5-8)25-16-20-12-7-24-6-9(12)14(22)21-16/h3-5,13H,2,6-7H2,1H3,(H,19,23)(H,20,21,22). The summed E-state index contributed by atoms with van der Waals surface area (Å²) >= 11 is 14.8. The first-order chi connectivity index (χ1) is 12.0. The van der Waals surface area contributed by atoms with Crippen molar-refractivity contribution in [3.05, 3.63) is 49.9 Å². The van der Waals surface area contributed by atoms with E-state index in [1.54, 1.807) is 30.0 Å². The van der Waals surface area contributed by atoms with Crippen molar-refractivity contribution in [1.82, 2.24) is 9.97 Å². The average Bonchev–Trinajstić information content (AvgIpc) is 3.05. The summed E-state index contributed by atoms with van der Waals surface area (Å²) in [6.07, 6.45) is 0.591. The van der Waals surface area contributed by atoms with Crippen molar-refractivity contribution >= 4 is 58.3 Å². The highest BCUT2D eigenvalue weighted by Gasteiger charge is 2.22. The fourth-order valence-electron chi connectivity index (χ4n) is 2.35. The van der Waals surface area contributed by atoms with Crippen LogP contribution in [-0.4, -0.2) is 21.1 Å². The van der Waals surface area contributed by atoms with Gasteiger partial charge in [-0.3, -0.25) is 9.59 Å². The van der Waals surface area contributed by atoms with Gasteiger partial charge >= 0.3 is 0 Å². The summed E-state index contributed by atoms with van der Waals surface area (Å²) in [4.78, 5) is 31.9. The van der Waals surface area contributed by atoms with E-state index in [0.717, 1.165) is 17.0 Å². The molecule has 1 unspecified atom stereocenters. The molecule has 1 aromatic carbocycles. The molecule has 1 atom stereocenters. The molecule has 2 heterocycles. The number of hydrogen-bond acceptors (Lipinski definition) is 5. The van der Waals surface area contributed by atoms with Crippen molar-refractivity contribution in [2.75, 3.05) is 5.32 Å². The number of hydrogen-bond donors (Lipinski definition) is 2. The van der Waals surface area contributed by atoms with Gasteiger partial charge in [-0.05, 0) is 24.6 Å². The highest BCUT2D eigenvalue weighted by atomic mass is 35.5. The third-order valence-corrected chi connectivity index (χ3v) is 6.63. The number of nitrogens with zero attached hydrogens (tertiary/aromatic N) is 1. The molecule has 0 spiro atoms. The molecule has 0 saturated heterocycles. The third kappa shape index (κ3) is 4.34. The predicted molar refractivity (Wildman–Crippen MR) is 105 cm³/mol. The Kier molecular flexibility index (Phi) is 5.99. The van der Waals surface area contributed by atoms with Crippen LogP contribution in [0.15, 0.2) is 28.2 Å². The van der Waals surface area contributed by atoms with E-state index in [9.17, 15) is 9.59 Å². The summed E-state index contributed by atoms with van der Waals surface area (Å²) in [6.45, 7) is 1.91. The molecule has 1 aromatic heterocycles. The number of rotatable bonds is 5. The summed E-state index contributed by atoms with van der Waals surface area (Å²) in [5, 5.41) is 3.72. The van der Waals surface area contributed by atoms with Gasteiger partial charge in [-0.2, -0.15) is 11.8 Å². The zero-order chi connectivity index (χ0) is 18.0. The van der Waals surface area contributed by atoms with E-state index < -0.39 is 0 Å². The Morgan fingerprint density at radius 2 is 2.20 bits per heavy atom. The molecule has 3 rings (SSSR count). The SMILES string of the molecule is CCC(Sc1nc2c(c(=O)[nH]1)CSC2)C(=O)Nc1ccc(Cl)c(Cl)c1. The normalized spacial score (nSPS) is 14.2. The van der Waals surface area contributed by atoms with Gasteiger partial charge in [0.25, 0.3) is 5.56 Å². The Bertz CT molecular complexity index is 873. The molecular weight excluding hydrogens is 401 g/mol. The lowest BCUT2D eigenvalue weighted by molar-refractivity contribution is -0.115. The van der Waals surface area contributed by atoms with Crippen LogP contribution in [0, 0.1) is 0 Å². The topological polar surface area (TPSA) is 74.8 Å². The maximum absolute atomic E-state index is 12.5. The van der Waals surface area contributed by atoms with E-state index in [4.69, 9.17) is 23.2 Å². The number of thioether (sulfide) groups is 2. The van der Waals surface area contributed by atoms with Gasteiger partial charge in [0.05, 0.1) is 21.0 Å². The predicted octanol–water partition coefficient (Wildman–Crippen LogP) is 4.33. The number of carbonyl (C=O) groups is 1. The lowest BCUT2D eigenvalue weighted by atomic mass is 10.2. The zero-order valence-electron chi connectivity index (χ0n) is 13.3. The van der Waals surface area contributed by atoms with Crippen LogP contribution in [0.5, 0.6) is 0 Å². The largest absolute Gasteiger partial charge is 0.325 e. The molecule has 2 aromatic rings. The van der Waals surface area contributed by atoms with Crippen molar-refractivity contribution in [1.29, 1.82) is 0 Å². The minimum absolute atomic E-state index is 0.114. The minimum atomic E-state index is -0.385. The molecule has 2 N–H and O–H groups in total. The molecule has 132 valence electrons. The fourth-order valence-corrected chi connectivity index (χ4v) is 4.60. The second-order valence-corrected chi connectivity index (χ2v) is 8.41. The highest BCUT2D eigenvalue weighted by molar-refractivity contribution is 8.00. The summed E-state index contributed by atoms with van der Waals surface area (Å²) < 4.78 is 0. The fraction of sp³-hybridized carbons (Fsp3) is 0.312. The van der Waals surface area contributed by atoms with Crippen molar-refractivity contribution in [2.24, 2.45) is 0 Å². The maximum Gasteiger partial charge on any atom is 0.255 e. The molecule has 0 fully saturated rings. The lowest BCUT2D eigenvalue weighted by Gasteiger charge is -2.14. The van der Waals surface area contributed by atoms with E-state index in [2.05, 4.69) is 15.3 Å². The summed E-state index contributed by atoms with van der Waals surface area (Å²) in [7, 11) is 0. The van der Waals surface area contributed by atoms with Crippen LogP contribution in [0.2, 0.25) is 10.0 Å². The number of halogens is 2. The molecule has 9 heteroatoms. The van der Waals surface area contributed by atoms with Crippen LogP contribution in [0.25, 0.3) is 0 Å². The molecule has 0 saturated carbocycles. The summed E-state index contributed by atoms with van der Waals surface area (Å²) in [5.74, 6) is 1.25. The summed E-state index contributed by atoms with van der Waals surface area (Å²) in [5.41, 5.74) is 2.01. The van der Waals surface area contributed by atoms with Crippen LogP contribution in [-0.2, 0) is 16.3 Å². The number of fused-ring (bicyclic) bond motifs is 1. The second-order valence-electron chi connectivity index (χ2n) is 5.42. The van der Waals surface area contributed by atoms with Gasteiger partial charge in [0.15, 0.2) is 5.16 Å². The van der Waals surface area contributed by atoms with E-state index >= 15 is 0 Å². The third-order valence-electron chi connectivity index (χ3n) is 3.67. The number of aromatic nitrogens is 2. The lowest BCUT2D eigenvalue weighted by Crippen LogP contribution is -2.25. The Morgan fingerprint density at radius 1 is 1.40 bits per heavy atom. The van der Waals surface area contributed by atoms with Gasteiger partial charge in [-0.15, -0.1) is 0 Å². The van der Waals surface area contributed by atoms with Gasteiger partial charge in [0.2, 0.25) is 5.91 Å². The second kappa shape index (κ2) is 8.03. The minimum Gasteiger partial charge on any atom is -0.325 e. The van der Waals surface area contributed by atoms with E-state index in [0.29, 0.717) is 33.1 Å². The number of benzene rings is 1. The van der Waals surface area contributed by atoms with E-state index in [-0.39, 0.29) is 16.7 Å². The Balaban J connectivity index is 1.73. The van der Waals surface area contributed by atoms with Gasteiger partial charge in [0.1, 0.15) is 0 Å². The van der Waals surface area contributed by atoms with E-state index in [1.807, 2.05) is 6.92 Å². The van der Waals surface area contributed by atoms with Crippen molar-refractivity contribution in [2.45, 2.75) is 35.3 Å². The van der Waals surface area contributed by atoms with Gasteiger partial charge in [0, 0.05) is 22.8 Å². The number of amides is 1. The van der Waals surface area contributed by atoms with Gasteiger partial charge < -0.3 is 10.3 Å². The smallest absolute Gasteiger partial charge is 0.255 e. The van der Waals surface area contributed by atoms with Crippen LogP contribution in [0.4, 0.5) is 5.69 Å². The zero-order valence-corrected chi connectivity index (χ0v) is 16.4. The molecule has 25 heavy (non-hydrogen) atoms. The summed E-state index contributed by atoms with van der Waals surface area (Å²) in [6, 6.07) is 4.92. The average molecular weight is 416 g/mol. The quantitative estimate of drug-likeness (QED) is 0.561. The van der Waals surface area contributed by atoms with Gasteiger partial charge in [-0.25, -0.2) is 4.98 Å². The first kappa shape index (κ1) is 18.6. The number of nitrogens with one attached hydrogen (secondary N) is 2. The van der Waals surface area contributed by atoms with Crippen LogP contribution >= 0.6 is 46.7 Å². The Labute approximate surface area is 163 Å². The van der Waals surface area contributed by atoms with Crippen LogP contribution in [0.1, 0.15) is 24.6 Å². The Morgan fingerprint density at radius 3 is 2.92 bits per heavy atom. The van der Waals surface area contributed by atoms with Crippen molar-refractivity contribution in [3.63, 3.8) is 0 Å². The molecule has 5 nitrogen and oxygen atoms in total. The first-order valence-corrected chi connectivity index (χ1v) is 10.4. The molecule has 1 aliphatic heterocycles. The van der Waals surface area contributed by atoms with Crippen molar-refractivity contribution in [3.8, 4) is 0 Å².